The summed E-state index contributed by atoms with van der Waals surface area (Å²) in [5.41, 5.74) is -0.589. The number of carboxylic acid groups (broad SMARTS) is 1. The van der Waals surface area contributed by atoms with Crippen LogP contribution in [0.4, 0.5) is 0 Å². The fourth-order valence-corrected chi connectivity index (χ4v) is 14.8. The minimum Gasteiger partial charge on any atom is -0.481 e. The first kappa shape index (κ1) is 49.6. The van der Waals surface area contributed by atoms with Crippen molar-refractivity contribution >= 4 is 11.9 Å². The average molecular weight is 925 g/mol. The molecule has 0 spiro atoms. The Morgan fingerprint density at radius 1 is 0.723 bits per heavy atom. The number of hydrogen-bond acceptors (Lipinski definition) is 16. The van der Waals surface area contributed by atoms with Crippen molar-refractivity contribution in [3.8, 4) is 0 Å². The lowest BCUT2D eigenvalue weighted by molar-refractivity contribution is -0.379. The van der Waals surface area contributed by atoms with Crippen LogP contribution in [0.2, 0.25) is 0 Å². The monoisotopic (exact) mass is 925 g/mol. The van der Waals surface area contributed by atoms with E-state index in [1.165, 1.54) is 12.5 Å². The van der Waals surface area contributed by atoms with Crippen molar-refractivity contribution < 1.29 is 83.6 Å². The minimum absolute atomic E-state index is 0.00129. The van der Waals surface area contributed by atoms with Gasteiger partial charge in [-0.25, -0.2) is 0 Å². The third kappa shape index (κ3) is 7.96. The number of allylic oxidation sites excluding steroid dienone is 2. The van der Waals surface area contributed by atoms with Crippen LogP contribution in [-0.2, 0) is 42.7 Å². The molecule has 0 aromatic carbocycles. The number of carboxylic acids is 1. The summed E-state index contributed by atoms with van der Waals surface area (Å²) in [5.74, 6) is -1.17. The third-order valence-electron chi connectivity index (χ3n) is 19.0. The second kappa shape index (κ2) is 17.5. The molecule has 3 aliphatic heterocycles. The number of aliphatic carboxylic acids is 1. The molecule has 8 rings (SSSR count). The van der Waals surface area contributed by atoms with Gasteiger partial charge in [-0.15, -0.1) is 0 Å². The minimum atomic E-state index is -1.77. The maximum absolute atomic E-state index is 13.1. The van der Waals surface area contributed by atoms with Crippen LogP contribution in [0.5, 0.6) is 0 Å². The molecule has 22 atom stereocenters. The molecule has 3 saturated heterocycles. The Morgan fingerprint density at radius 2 is 1.34 bits per heavy atom. The zero-order valence-electron chi connectivity index (χ0n) is 39.3. The van der Waals surface area contributed by atoms with Crippen LogP contribution in [-0.4, -0.2) is 159 Å². The van der Waals surface area contributed by atoms with Gasteiger partial charge in [0.2, 0.25) is 0 Å². The van der Waals surface area contributed by atoms with Gasteiger partial charge >= 0.3 is 11.9 Å². The van der Waals surface area contributed by atoms with Crippen LogP contribution < -0.4 is 0 Å². The maximum atomic E-state index is 13.1. The van der Waals surface area contributed by atoms with Crippen LogP contribution in [0.15, 0.2) is 11.6 Å². The standard InChI is InChI=1S/C48H76O17/c1-23-32(53)36(64-41-37(62-24(2)50)33(54)27(51)21-60-41)35(56)39(61-23)65-38-34(55)28(52)20-59-40(38)63-31-12-13-44(5)29(45(31,6)22-49)11-14-47(8)30(44)10-9-25-26-19-43(3,4)15-17-48(26,42(57)58)18-16-46(25,47)7/h9,23,26-41,49,51-56H,10-22H2,1-8H3,(H,57,58)/t23-,26?,27-,28-,29?,30?,31-,32-,33-,34-,35+,36+,37+,38+,39-,40-,41-,44-,45-,46+,47+,48-/m0/s1. The Labute approximate surface area is 382 Å². The summed E-state index contributed by atoms with van der Waals surface area (Å²) in [7, 11) is 0. The zero-order chi connectivity index (χ0) is 47.4. The van der Waals surface area contributed by atoms with E-state index in [1.807, 2.05) is 0 Å². The number of hydrogen-bond donors (Lipinski definition) is 8. The van der Waals surface area contributed by atoms with Crippen molar-refractivity contribution in [2.24, 2.45) is 50.2 Å². The second-order valence-electron chi connectivity index (χ2n) is 23.0. The summed E-state index contributed by atoms with van der Waals surface area (Å²) in [4.78, 5) is 25.0. The summed E-state index contributed by atoms with van der Waals surface area (Å²) >= 11 is 0. The average Bonchev–Trinajstić information content (AvgIpc) is 3.24. The number of aliphatic hydroxyl groups is 7. The van der Waals surface area contributed by atoms with Gasteiger partial charge in [0.15, 0.2) is 25.0 Å². The fourth-order valence-electron chi connectivity index (χ4n) is 14.8. The van der Waals surface area contributed by atoms with Crippen LogP contribution in [0, 0.1) is 50.2 Å². The number of fused-ring (bicyclic) bond motifs is 7. The lowest BCUT2D eigenvalue weighted by Crippen LogP contribution is -2.67. The number of aliphatic hydroxyl groups excluding tert-OH is 7. The molecule has 7 fully saturated rings. The molecule has 0 bridgehead atoms. The number of carbonyl (C=O) groups excluding carboxylic acids is 1. The lowest BCUT2D eigenvalue weighted by Gasteiger charge is -2.71. The van der Waals surface area contributed by atoms with Crippen LogP contribution in [0.1, 0.15) is 120 Å². The van der Waals surface area contributed by atoms with Gasteiger partial charge in [-0.3, -0.25) is 9.59 Å². The van der Waals surface area contributed by atoms with Crippen LogP contribution in [0.3, 0.4) is 0 Å². The molecule has 0 radical (unpaired) electrons. The van der Waals surface area contributed by atoms with E-state index in [9.17, 15) is 50.4 Å². The van der Waals surface area contributed by atoms with Gasteiger partial charge in [-0.05, 0) is 111 Å². The topological polar surface area (TPSA) is 261 Å². The molecule has 3 heterocycles. The molecular formula is C48H76O17. The van der Waals surface area contributed by atoms with Gasteiger partial charge in [-0.1, -0.05) is 53.2 Å². The Balaban J connectivity index is 1.01. The predicted molar refractivity (Wildman–Crippen MR) is 228 cm³/mol. The Hall–Kier alpha value is -1.84. The van der Waals surface area contributed by atoms with Crippen molar-refractivity contribution in [2.45, 2.75) is 206 Å². The molecule has 0 aromatic heterocycles. The van der Waals surface area contributed by atoms with Gasteiger partial charge in [-0.2, -0.15) is 0 Å². The SMILES string of the molecule is CC(=O)O[C@H]1[C@H](O[C@@H]2[C@@H](O)[C@H](C)O[C@@H](O[C@H]3[C@H](O[C@H]4CC[C@@]5(C)C(CC[C@]6(C)C5CC=C5C7CC(C)(C)CC[C@]7(C(=O)O)CC[C@]56C)[C@]4(C)CO)OC[C@H](O)[C@@H]3O)[C@@H]2O)OC[C@H](O)[C@@H]1O. The normalized spacial score (nSPS) is 53.0. The lowest BCUT2D eigenvalue weighted by atomic mass is 9.33. The Morgan fingerprint density at radius 3 is 1.97 bits per heavy atom. The van der Waals surface area contributed by atoms with Crippen LogP contribution >= 0.6 is 0 Å². The van der Waals surface area contributed by atoms with Crippen LogP contribution in [0.25, 0.3) is 0 Å². The Kier molecular flexibility index (Phi) is 13.4. The summed E-state index contributed by atoms with van der Waals surface area (Å²) in [6, 6.07) is 0. The highest BCUT2D eigenvalue weighted by Crippen LogP contribution is 2.76. The van der Waals surface area contributed by atoms with Crippen molar-refractivity contribution in [1.82, 2.24) is 0 Å². The molecule has 65 heavy (non-hydrogen) atoms. The molecule has 8 aliphatic rings. The second-order valence-corrected chi connectivity index (χ2v) is 23.0. The van der Waals surface area contributed by atoms with E-state index in [0.717, 1.165) is 51.9 Å². The predicted octanol–water partition coefficient (Wildman–Crippen LogP) is 2.56. The molecule has 17 heteroatoms. The number of ether oxygens (including phenoxy) is 7. The van der Waals surface area contributed by atoms with Gasteiger partial charge in [0.1, 0.15) is 48.8 Å². The quantitative estimate of drug-likeness (QED) is 0.0939. The summed E-state index contributed by atoms with van der Waals surface area (Å²) in [5, 5.41) is 88.1. The van der Waals surface area contributed by atoms with E-state index in [4.69, 9.17) is 33.2 Å². The van der Waals surface area contributed by atoms with Gasteiger partial charge in [0.05, 0.1) is 37.4 Å². The first-order valence-corrected chi connectivity index (χ1v) is 24.0. The molecule has 0 aromatic rings. The summed E-state index contributed by atoms with van der Waals surface area (Å²) < 4.78 is 41.7. The molecule has 3 unspecified atom stereocenters. The largest absolute Gasteiger partial charge is 0.481 e. The smallest absolute Gasteiger partial charge is 0.310 e. The summed E-state index contributed by atoms with van der Waals surface area (Å²) in [6.45, 7) is 15.6. The van der Waals surface area contributed by atoms with Gasteiger partial charge in [0, 0.05) is 12.3 Å². The highest BCUT2D eigenvalue weighted by atomic mass is 16.8. The molecule has 370 valence electrons. The zero-order valence-corrected chi connectivity index (χ0v) is 39.3. The van der Waals surface area contributed by atoms with Gasteiger partial charge in [0.25, 0.3) is 0 Å². The molecular weight excluding hydrogens is 849 g/mol. The van der Waals surface area contributed by atoms with E-state index in [0.29, 0.717) is 19.3 Å². The highest BCUT2D eigenvalue weighted by Gasteiger charge is 2.70. The van der Waals surface area contributed by atoms with Crippen molar-refractivity contribution in [3.63, 3.8) is 0 Å². The first-order chi connectivity index (χ1) is 30.4. The molecule has 17 nitrogen and oxygen atoms in total. The van der Waals surface area contributed by atoms with Crippen molar-refractivity contribution in [2.75, 3.05) is 19.8 Å². The first-order valence-electron chi connectivity index (χ1n) is 24.0. The van der Waals surface area contributed by atoms with E-state index in [-0.39, 0.29) is 52.6 Å². The van der Waals surface area contributed by atoms with E-state index in [2.05, 4.69) is 47.6 Å². The van der Waals surface area contributed by atoms with E-state index >= 15 is 0 Å². The Bertz CT molecular complexity index is 1810. The highest BCUT2D eigenvalue weighted by molar-refractivity contribution is 5.76. The summed E-state index contributed by atoms with van der Waals surface area (Å²) in [6.07, 6.45) is -9.39. The fraction of sp³-hybridized carbons (Fsp3) is 0.917. The molecule has 5 aliphatic carbocycles. The molecule has 8 N–H and O–H groups in total. The third-order valence-corrected chi connectivity index (χ3v) is 19.0. The number of esters is 1. The van der Waals surface area contributed by atoms with E-state index < -0.39 is 115 Å². The van der Waals surface area contributed by atoms with Crippen molar-refractivity contribution in [1.29, 1.82) is 0 Å². The number of carbonyl (C=O) groups is 2. The van der Waals surface area contributed by atoms with Crippen molar-refractivity contribution in [3.05, 3.63) is 11.6 Å². The number of rotatable bonds is 9. The van der Waals surface area contributed by atoms with Gasteiger partial charge < -0.3 is 74.0 Å². The van der Waals surface area contributed by atoms with E-state index in [1.54, 1.807) is 0 Å². The molecule has 4 saturated carbocycles. The maximum Gasteiger partial charge on any atom is 0.310 e. The molecule has 0 amide bonds.